The summed E-state index contributed by atoms with van der Waals surface area (Å²) in [5.41, 5.74) is 14.6. The zero-order chi connectivity index (χ0) is 96.1. The first-order chi connectivity index (χ1) is 69.6. The molecule has 4 N–H and O–H groups in total. The van der Waals surface area contributed by atoms with Gasteiger partial charge in [0.1, 0.15) is 30.2 Å². The van der Waals surface area contributed by atoms with Crippen molar-refractivity contribution in [2.75, 3.05) is 0 Å². The van der Waals surface area contributed by atoms with Crippen LogP contribution >= 0.6 is 34.8 Å². The van der Waals surface area contributed by atoms with Gasteiger partial charge in [-0.2, -0.15) is 9.97 Å². The molecule has 6 aromatic heterocycles. The highest BCUT2D eigenvalue weighted by atomic mass is 35.5. The Morgan fingerprint density at radius 1 is 0.229 bits per heavy atom. The van der Waals surface area contributed by atoms with Crippen molar-refractivity contribution < 1.29 is 33.5 Å². The maximum absolute atomic E-state index is 6.85. The topological polar surface area (TPSA) is 237 Å². The van der Waals surface area contributed by atoms with Crippen LogP contribution in [0.4, 0.5) is 0 Å². The molecule has 21 heteroatoms. The Morgan fingerprint density at radius 2 is 0.500 bits per heavy atom. The van der Waals surface area contributed by atoms with Crippen LogP contribution in [0.5, 0.6) is 0 Å². The molecule has 0 unspecified atom stereocenters. The molecule has 144 heavy (non-hydrogen) atoms. The lowest BCUT2D eigenvalue weighted by Gasteiger charge is -2.32. The number of benzene rings is 20. The van der Waals surface area contributed by atoms with Crippen molar-refractivity contribution in [3.8, 4) is 102 Å². The van der Waals surface area contributed by atoms with E-state index >= 15 is 0 Å². The summed E-state index contributed by atoms with van der Waals surface area (Å²) < 4.78 is 31.0. The number of nitrogens with zero attached hydrogens (tertiary/aromatic N) is 9. The van der Waals surface area contributed by atoms with E-state index in [0.29, 0.717) is 73.4 Å². The Kier molecular flexibility index (Phi) is 25.8. The fourth-order valence-corrected chi connectivity index (χ4v) is 19.5. The predicted molar refractivity (Wildman–Crippen MR) is 592 cm³/mol. The minimum absolute atomic E-state index is 0. The van der Waals surface area contributed by atoms with Crippen LogP contribution in [0.15, 0.2) is 438 Å². The molecule has 1 fully saturated rings. The second kappa shape index (κ2) is 39.7. The number of para-hydroxylation sites is 3. The van der Waals surface area contributed by atoms with E-state index in [1.807, 2.05) is 307 Å². The van der Waals surface area contributed by atoms with E-state index in [0.717, 1.165) is 121 Å². The molecule has 0 amide bonds. The number of furan rings is 3. The molecule has 0 bridgehead atoms. The van der Waals surface area contributed by atoms with Gasteiger partial charge in [-0.1, -0.05) is 405 Å². The van der Waals surface area contributed by atoms with E-state index in [2.05, 4.69) is 161 Å². The average molecular weight is 1930 g/mol. The van der Waals surface area contributed by atoms with Crippen molar-refractivity contribution in [3.05, 3.63) is 440 Å². The van der Waals surface area contributed by atoms with E-state index in [1.54, 1.807) is 0 Å². The molecule has 20 aromatic carbocycles. The zero-order valence-corrected chi connectivity index (χ0v) is 80.5. The molecule has 1 aliphatic rings. The highest BCUT2D eigenvalue weighted by Gasteiger charge is 2.52. The van der Waals surface area contributed by atoms with Gasteiger partial charge in [-0.15, -0.1) is 0 Å². The second-order valence-electron chi connectivity index (χ2n) is 35.7. The van der Waals surface area contributed by atoms with Crippen molar-refractivity contribution >= 4 is 191 Å². The molecule has 1 aliphatic heterocycles. The highest BCUT2D eigenvalue weighted by molar-refractivity contribution is 6.66. The normalized spacial score (nSPS) is 12.5. The van der Waals surface area contributed by atoms with Gasteiger partial charge in [0, 0.05) is 87.9 Å². The summed E-state index contributed by atoms with van der Waals surface area (Å²) in [6, 6.07) is 143. The molecule has 0 saturated carbocycles. The van der Waals surface area contributed by atoms with E-state index in [4.69, 9.17) is 95.1 Å². The van der Waals surface area contributed by atoms with Crippen LogP contribution in [0.25, 0.3) is 233 Å². The first-order valence-corrected chi connectivity index (χ1v) is 47.9. The van der Waals surface area contributed by atoms with Gasteiger partial charge in [0.2, 0.25) is 5.28 Å². The summed E-state index contributed by atoms with van der Waals surface area (Å²) in [5, 5.41) is 22.2. The Bertz CT molecular complexity index is 9070. The van der Waals surface area contributed by atoms with Crippen LogP contribution < -0.4 is 10.9 Å². The summed E-state index contributed by atoms with van der Waals surface area (Å²) in [6.07, 6.45) is 0. The van der Waals surface area contributed by atoms with E-state index in [-0.39, 0.29) is 16.2 Å². The van der Waals surface area contributed by atoms with Gasteiger partial charge in [0.15, 0.2) is 57.8 Å². The van der Waals surface area contributed by atoms with Gasteiger partial charge in [0.05, 0.1) is 21.2 Å². The van der Waals surface area contributed by atoms with Gasteiger partial charge in [-0.05, 0) is 158 Å². The molecule has 27 rings (SSSR count). The van der Waals surface area contributed by atoms with Crippen molar-refractivity contribution in [1.29, 1.82) is 0 Å². The molecule has 0 spiro atoms. The number of halogens is 3. The standard InChI is InChI=1S/C45H27N3O.C27H16ClN3O.C18H18BClO3.C18H11B.C15H10ClN3.2H2O/c1-3-13-28(14-4-1)43-46-44(29-15-5-2-6-16-29)48-45(47-43)38-26-25-37-36-21-11-12-22-40(36)49-42(37)41(38)30-23-24-35-33-19-8-7-17-31(33)32-18-9-10-20-34(32)39(35)27-30;28-23-21(16-15-20-19-13-7-8-14-22(19)32-24(20)23)27-30-25(17-9-3-1-4-10-17)29-26(31-27)18-11-5-2-6-12-18;1-17(2)18(3,4)23-19(22-17)13-10-9-12-11-7-5-6-8-14(11)21-16(12)15(13)20;19-17-11-5-10-16-14-7-2-1-6-12(14)13-8-3-4-9-15(13)18(16)17;16-15-18-13(11-7-3-1-4-8-11)17-14(19-15)12-9-5-2-6-10-12;;/h1-27H;1-16H;5-10H,1-4H3;1-11H;1-10H;2*1H2. The SMILES string of the molecule is CC1(C)OB(c2ccc3c(oc4ccccc43)c2Cl)OC1(C)C.Clc1c(-c2nc(-c3ccccc3)nc(-c3ccccc3)n2)ccc2c1oc1ccccc12.Clc1nc(-c2ccccc2)nc(-c2ccccc2)n1.O.O.[B]c1cccc2c3ccccc3c3ccccc3c12.c1ccc(-c2nc(-c3ccccc3)nc(-c3ccc4c(oc5ccccc54)c3-c3ccc4c5ccccc5c5ccccc5c4c3)n2)cc1. The van der Waals surface area contributed by atoms with Crippen molar-refractivity contribution in [1.82, 2.24) is 44.9 Å². The first-order valence-electron chi connectivity index (χ1n) is 46.7. The summed E-state index contributed by atoms with van der Waals surface area (Å²) >= 11 is 19.5. The van der Waals surface area contributed by atoms with Gasteiger partial charge < -0.3 is 33.5 Å². The van der Waals surface area contributed by atoms with Gasteiger partial charge >= 0.3 is 7.12 Å². The second-order valence-corrected chi connectivity index (χ2v) is 36.8. The lowest BCUT2D eigenvalue weighted by atomic mass is 9.78. The molecule has 0 atom stereocenters. The highest BCUT2D eigenvalue weighted by Crippen LogP contribution is 2.48. The summed E-state index contributed by atoms with van der Waals surface area (Å²) in [4.78, 5) is 42.3. The Morgan fingerprint density at radius 3 is 0.889 bits per heavy atom. The van der Waals surface area contributed by atoms with E-state index < -0.39 is 18.3 Å². The monoisotopic (exact) mass is 1930 g/mol. The number of hydrogen-bond donors (Lipinski definition) is 0. The van der Waals surface area contributed by atoms with Gasteiger partial charge in [-0.3, -0.25) is 0 Å². The quantitative estimate of drug-likeness (QED) is 0.0914. The molecule has 1 saturated heterocycles. The molecule has 16 nitrogen and oxygen atoms in total. The number of fused-ring (bicyclic) bond motifs is 21. The van der Waals surface area contributed by atoms with Crippen LogP contribution in [-0.4, -0.2) is 82.0 Å². The van der Waals surface area contributed by atoms with Crippen molar-refractivity contribution in [2.24, 2.45) is 0 Å². The summed E-state index contributed by atoms with van der Waals surface area (Å²) in [5.74, 6) is 4.69. The fraction of sp³-hybridized carbons (Fsp3) is 0.0488. The summed E-state index contributed by atoms with van der Waals surface area (Å²) in [7, 11) is 5.72. The van der Waals surface area contributed by atoms with Crippen LogP contribution in [0, 0.1) is 0 Å². The van der Waals surface area contributed by atoms with Gasteiger partial charge in [0.25, 0.3) is 0 Å². The predicted octanol–water partition coefficient (Wildman–Crippen LogP) is 30.0. The lowest BCUT2D eigenvalue weighted by Crippen LogP contribution is -2.41. The van der Waals surface area contributed by atoms with Crippen LogP contribution in [-0.2, 0) is 9.31 Å². The Labute approximate surface area is 844 Å². The van der Waals surface area contributed by atoms with E-state index in [1.165, 1.54) is 59.2 Å². The van der Waals surface area contributed by atoms with Crippen molar-refractivity contribution in [2.45, 2.75) is 38.9 Å². The van der Waals surface area contributed by atoms with Crippen LogP contribution in [0.2, 0.25) is 15.3 Å². The number of rotatable bonds is 10. The molecule has 2 radical (unpaired) electrons. The first kappa shape index (κ1) is 93.5. The number of aromatic nitrogens is 9. The Balaban J connectivity index is 0.000000112. The minimum atomic E-state index is -0.495. The summed E-state index contributed by atoms with van der Waals surface area (Å²) in [6.45, 7) is 8.11. The zero-order valence-electron chi connectivity index (χ0n) is 78.3. The Hall–Kier alpha value is -16.8. The fourth-order valence-electron chi connectivity index (χ4n) is 18.8. The van der Waals surface area contributed by atoms with Crippen molar-refractivity contribution in [3.63, 3.8) is 0 Å². The average Bonchev–Trinajstić information content (AvgIpc) is 1.71. The maximum Gasteiger partial charge on any atom is 0.496 e. The molecule has 692 valence electrons. The number of hydrogen-bond acceptors (Lipinski definition) is 14. The molecular formula is C123H86B2Cl3N9O7. The molecule has 26 aromatic rings. The lowest BCUT2D eigenvalue weighted by molar-refractivity contribution is 0.00578. The molecule has 0 aliphatic carbocycles. The largest absolute Gasteiger partial charge is 0.496 e. The maximum atomic E-state index is 6.85. The third-order valence-electron chi connectivity index (χ3n) is 26.4. The minimum Gasteiger partial charge on any atom is -0.455 e. The third kappa shape index (κ3) is 17.8. The van der Waals surface area contributed by atoms with Gasteiger partial charge in [-0.25, -0.2) is 34.9 Å². The molecular weight excluding hydrogens is 1840 g/mol. The van der Waals surface area contributed by atoms with Crippen LogP contribution in [0.1, 0.15) is 27.7 Å². The van der Waals surface area contributed by atoms with E-state index in [9.17, 15) is 0 Å². The smallest absolute Gasteiger partial charge is 0.455 e. The van der Waals surface area contributed by atoms with Crippen LogP contribution in [0.3, 0.4) is 0 Å². The third-order valence-corrected chi connectivity index (χ3v) is 27.4. The molecule has 7 heterocycles.